The highest BCUT2D eigenvalue weighted by molar-refractivity contribution is 9.10. The van der Waals surface area contributed by atoms with Gasteiger partial charge in [-0.2, -0.15) is 0 Å². The van der Waals surface area contributed by atoms with Gasteiger partial charge < -0.3 is 10.1 Å². The largest absolute Gasteiger partial charge is 0.489 e. The number of nitrogens with one attached hydrogen (secondary N) is 1. The van der Waals surface area contributed by atoms with Crippen LogP contribution in [0, 0.1) is 12.3 Å². The van der Waals surface area contributed by atoms with Crippen molar-refractivity contribution in [2.75, 3.05) is 7.05 Å². The van der Waals surface area contributed by atoms with Crippen LogP contribution in [-0.4, -0.2) is 19.2 Å². The van der Waals surface area contributed by atoms with Crippen LogP contribution in [0.2, 0.25) is 0 Å². The summed E-state index contributed by atoms with van der Waals surface area (Å²) in [5, 5.41) is 3.54. The van der Waals surface area contributed by atoms with Crippen molar-refractivity contribution < 1.29 is 4.74 Å². The Morgan fingerprint density at radius 1 is 1.19 bits per heavy atom. The lowest BCUT2D eigenvalue weighted by atomic mass is 9.58. The molecular formula is C18H26BrNO. The maximum absolute atomic E-state index is 6.46. The Bertz CT molecular complexity index is 494. The van der Waals surface area contributed by atoms with Crippen LogP contribution in [0.25, 0.3) is 0 Å². The number of aryl methyl sites for hydroxylation is 1. The predicted molar refractivity (Wildman–Crippen MR) is 90.9 cm³/mol. The van der Waals surface area contributed by atoms with E-state index in [9.17, 15) is 0 Å². The molecule has 0 saturated heterocycles. The van der Waals surface area contributed by atoms with Gasteiger partial charge in [0.1, 0.15) is 11.9 Å². The summed E-state index contributed by atoms with van der Waals surface area (Å²) >= 11 is 3.53. The molecule has 2 fully saturated rings. The van der Waals surface area contributed by atoms with Crippen molar-refractivity contribution in [1.82, 2.24) is 5.32 Å². The minimum Gasteiger partial charge on any atom is -0.489 e. The Morgan fingerprint density at radius 2 is 1.90 bits per heavy atom. The lowest BCUT2D eigenvalue weighted by Gasteiger charge is -2.55. The van der Waals surface area contributed by atoms with E-state index in [0.717, 1.165) is 16.6 Å². The Balaban J connectivity index is 1.78. The Morgan fingerprint density at radius 3 is 2.52 bits per heavy atom. The van der Waals surface area contributed by atoms with Crippen molar-refractivity contribution >= 4 is 15.9 Å². The summed E-state index contributed by atoms with van der Waals surface area (Å²) < 4.78 is 7.58. The highest BCUT2D eigenvalue weighted by Gasteiger charge is 2.55. The minimum atomic E-state index is 0.366. The summed E-state index contributed by atoms with van der Waals surface area (Å²) in [4.78, 5) is 0. The molecule has 0 aromatic heterocycles. The normalized spacial score (nSPS) is 28.0. The van der Waals surface area contributed by atoms with Crippen LogP contribution >= 0.6 is 15.9 Å². The maximum Gasteiger partial charge on any atom is 0.122 e. The van der Waals surface area contributed by atoms with E-state index in [0.29, 0.717) is 17.6 Å². The molecule has 0 radical (unpaired) electrons. The fourth-order valence-electron chi connectivity index (χ4n) is 4.27. The molecular weight excluding hydrogens is 326 g/mol. The van der Waals surface area contributed by atoms with Gasteiger partial charge in [-0.05, 0) is 50.6 Å². The fraction of sp³-hybridized carbons (Fsp3) is 0.667. The number of ether oxygens (including phenoxy) is 1. The molecule has 2 saturated carbocycles. The molecule has 2 aliphatic carbocycles. The average Bonchev–Trinajstić information content (AvgIpc) is 2.72. The van der Waals surface area contributed by atoms with Gasteiger partial charge >= 0.3 is 0 Å². The van der Waals surface area contributed by atoms with E-state index in [4.69, 9.17) is 4.74 Å². The molecule has 0 heterocycles. The Kier molecular flexibility index (Phi) is 4.60. The summed E-state index contributed by atoms with van der Waals surface area (Å²) in [6.07, 6.45) is 9.66. The fourth-order valence-corrected chi connectivity index (χ4v) is 4.75. The van der Waals surface area contributed by atoms with E-state index in [1.165, 1.54) is 44.1 Å². The molecule has 1 spiro atoms. The number of hydrogen-bond donors (Lipinski definition) is 1. The molecule has 3 heteroatoms. The first-order valence-corrected chi connectivity index (χ1v) is 9.05. The van der Waals surface area contributed by atoms with Crippen molar-refractivity contribution in [3.05, 3.63) is 28.2 Å². The van der Waals surface area contributed by atoms with E-state index >= 15 is 0 Å². The van der Waals surface area contributed by atoms with E-state index in [1.807, 2.05) is 0 Å². The molecule has 21 heavy (non-hydrogen) atoms. The van der Waals surface area contributed by atoms with Crippen molar-refractivity contribution in [2.24, 2.45) is 5.41 Å². The van der Waals surface area contributed by atoms with Crippen molar-refractivity contribution in [3.8, 4) is 5.75 Å². The van der Waals surface area contributed by atoms with Gasteiger partial charge in [0.05, 0.1) is 0 Å². The molecule has 1 N–H and O–H groups in total. The molecule has 0 amide bonds. The van der Waals surface area contributed by atoms with Gasteiger partial charge in [-0.25, -0.2) is 0 Å². The Hall–Kier alpha value is -0.540. The minimum absolute atomic E-state index is 0.366. The summed E-state index contributed by atoms with van der Waals surface area (Å²) in [7, 11) is 2.11. The monoisotopic (exact) mass is 351 g/mol. The van der Waals surface area contributed by atoms with E-state index in [1.54, 1.807) is 0 Å². The molecule has 1 aromatic carbocycles. The van der Waals surface area contributed by atoms with Gasteiger partial charge in [0.25, 0.3) is 0 Å². The highest BCUT2D eigenvalue weighted by Crippen LogP contribution is 2.52. The quantitative estimate of drug-likeness (QED) is 0.841. The first kappa shape index (κ1) is 15.4. The smallest absolute Gasteiger partial charge is 0.122 e. The van der Waals surface area contributed by atoms with Crippen molar-refractivity contribution in [2.45, 2.75) is 64.0 Å². The second kappa shape index (κ2) is 6.29. The summed E-state index contributed by atoms with van der Waals surface area (Å²) in [5.41, 5.74) is 1.59. The second-order valence-corrected chi connectivity index (χ2v) is 7.66. The van der Waals surface area contributed by atoms with E-state index < -0.39 is 0 Å². The van der Waals surface area contributed by atoms with E-state index in [2.05, 4.69) is 53.4 Å². The Labute approximate surface area is 136 Å². The van der Waals surface area contributed by atoms with Crippen LogP contribution in [0.5, 0.6) is 5.75 Å². The maximum atomic E-state index is 6.46. The van der Waals surface area contributed by atoms with Crippen LogP contribution in [0.3, 0.4) is 0 Å². The summed E-state index contributed by atoms with van der Waals surface area (Å²) in [6.45, 7) is 2.13. The first-order chi connectivity index (χ1) is 10.2. The molecule has 3 rings (SSSR count). The summed E-state index contributed by atoms with van der Waals surface area (Å²) in [6, 6.07) is 6.97. The zero-order valence-electron chi connectivity index (χ0n) is 13.1. The topological polar surface area (TPSA) is 21.3 Å². The van der Waals surface area contributed by atoms with E-state index in [-0.39, 0.29) is 0 Å². The molecule has 2 atom stereocenters. The van der Waals surface area contributed by atoms with Crippen LogP contribution in [0.15, 0.2) is 22.7 Å². The molecule has 2 unspecified atom stereocenters. The van der Waals surface area contributed by atoms with Crippen LogP contribution in [0.4, 0.5) is 0 Å². The van der Waals surface area contributed by atoms with Crippen LogP contribution in [-0.2, 0) is 0 Å². The van der Waals surface area contributed by atoms with Crippen LogP contribution < -0.4 is 10.1 Å². The van der Waals surface area contributed by atoms with Crippen molar-refractivity contribution in [3.63, 3.8) is 0 Å². The third-order valence-corrected chi connectivity index (χ3v) is 6.07. The van der Waals surface area contributed by atoms with Gasteiger partial charge in [0, 0.05) is 22.4 Å². The number of hydrogen-bond acceptors (Lipinski definition) is 2. The van der Waals surface area contributed by atoms with Crippen LogP contribution in [0.1, 0.15) is 50.5 Å². The molecule has 2 aliphatic rings. The predicted octanol–water partition coefficient (Wildman–Crippen LogP) is 4.84. The SMILES string of the molecule is CNC1CC(Oc2ccc(Br)cc2C)C12CCCCCC2. The van der Waals surface area contributed by atoms with Crippen molar-refractivity contribution in [1.29, 1.82) is 0 Å². The zero-order valence-corrected chi connectivity index (χ0v) is 14.7. The molecule has 0 aliphatic heterocycles. The number of rotatable bonds is 3. The number of halogens is 1. The van der Waals surface area contributed by atoms with Gasteiger partial charge in [-0.1, -0.05) is 41.6 Å². The number of benzene rings is 1. The zero-order chi connectivity index (χ0) is 14.9. The van der Waals surface area contributed by atoms with Gasteiger partial charge in [0.2, 0.25) is 0 Å². The lowest BCUT2D eigenvalue weighted by Crippen LogP contribution is -2.64. The average molecular weight is 352 g/mol. The first-order valence-electron chi connectivity index (χ1n) is 8.26. The lowest BCUT2D eigenvalue weighted by molar-refractivity contribution is -0.0884. The standard InChI is InChI=1S/C18H26BrNO/c1-13-11-14(19)7-8-15(13)21-17-12-16(20-2)18(17)9-5-3-4-6-10-18/h7-8,11,16-17,20H,3-6,9-10,12H2,1-2H3. The summed E-state index contributed by atoms with van der Waals surface area (Å²) in [5.74, 6) is 1.06. The molecule has 1 aromatic rings. The molecule has 116 valence electrons. The second-order valence-electron chi connectivity index (χ2n) is 6.74. The third-order valence-electron chi connectivity index (χ3n) is 5.57. The third kappa shape index (κ3) is 2.87. The van der Waals surface area contributed by atoms with Gasteiger partial charge in [0.15, 0.2) is 0 Å². The molecule has 2 nitrogen and oxygen atoms in total. The highest BCUT2D eigenvalue weighted by atomic mass is 79.9. The molecule has 0 bridgehead atoms. The van der Waals surface area contributed by atoms with Gasteiger partial charge in [-0.3, -0.25) is 0 Å². The van der Waals surface area contributed by atoms with Gasteiger partial charge in [-0.15, -0.1) is 0 Å².